The summed E-state index contributed by atoms with van der Waals surface area (Å²) < 4.78 is 0. The van der Waals surface area contributed by atoms with E-state index >= 15 is 0 Å². The zero-order valence-electron chi connectivity index (χ0n) is 10.6. The Morgan fingerprint density at radius 1 is 1.45 bits per heavy atom. The molecule has 7 heteroatoms. The molecule has 5 nitrogen and oxygen atoms in total. The lowest BCUT2D eigenvalue weighted by Gasteiger charge is -2.34. The van der Waals surface area contributed by atoms with Gasteiger partial charge in [0.2, 0.25) is 0 Å². The lowest BCUT2D eigenvalue weighted by molar-refractivity contribution is -0.138. The second-order valence-electron chi connectivity index (χ2n) is 4.49. The normalized spacial score (nSPS) is 18.9. The van der Waals surface area contributed by atoms with E-state index in [9.17, 15) is 14.7 Å². The molecular formula is C13H14ClNO4S. The van der Waals surface area contributed by atoms with Crippen LogP contribution < -0.4 is 0 Å². The number of nitrogens with zero attached hydrogens (tertiary/aromatic N) is 1. The number of carboxylic acid groups (broad SMARTS) is 1. The van der Waals surface area contributed by atoms with Crippen LogP contribution in [0.2, 0.25) is 5.02 Å². The highest BCUT2D eigenvalue weighted by Crippen LogP contribution is 2.26. The van der Waals surface area contributed by atoms with Crippen LogP contribution in [0, 0.1) is 0 Å². The van der Waals surface area contributed by atoms with Crippen molar-refractivity contribution in [2.24, 2.45) is 0 Å². The predicted octanol–water partition coefficient (Wildman–Crippen LogP) is 2.08. The van der Waals surface area contributed by atoms with Crippen LogP contribution >= 0.6 is 23.4 Å². The summed E-state index contributed by atoms with van der Waals surface area (Å²) in [5, 5.41) is 18.6. The van der Waals surface area contributed by atoms with E-state index in [2.05, 4.69) is 0 Å². The molecule has 108 valence electrons. The van der Waals surface area contributed by atoms with Crippen molar-refractivity contribution in [3.63, 3.8) is 0 Å². The average molecular weight is 316 g/mol. The van der Waals surface area contributed by atoms with Crippen LogP contribution in [0.1, 0.15) is 16.8 Å². The number of carboxylic acids is 1. The maximum Gasteiger partial charge on any atom is 0.305 e. The fourth-order valence-corrected chi connectivity index (χ4v) is 3.39. The monoisotopic (exact) mass is 315 g/mol. The number of phenolic OH excluding ortho intramolecular Hbond substituents is 1. The molecule has 2 rings (SSSR count). The number of carbonyl (C=O) groups excluding carboxylic acids is 1. The SMILES string of the molecule is O=C(O)CC1CSCCN1C(=O)c1cc(O)ccc1Cl. The topological polar surface area (TPSA) is 77.8 Å². The van der Waals surface area contributed by atoms with Crippen molar-refractivity contribution >= 4 is 35.2 Å². The fourth-order valence-electron chi connectivity index (χ4n) is 2.12. The molecular weight excluding hydrogens is 302 g/mol. The molecule has 1 atom stereocenters. The van der Waals surface area contributed by atoms with Gasteiger partial charge in [-0.2, -0.15) is 11.8 Å². The van der Waals surface area contributed by atoms with Gasteiger partial charge in [-0.15, -0.1) is 0 Å². The summed E-state index contributed by atoms with van der Waals surface area (Å²) in [7, 11) is 0. The molecule has 1 amide bonds. The zero-order chi connectivity index (χ0) is 14.7. The minimum Gasteiger partial charge on any atom is -0.508 e. The van der Waals surface area contributed by atoms with Crippen molar-refractivity contribution in [2.75, 3.05) is 18.1 Å². The Hall–Kier alpha value is -1.40. The van der Waals surface area contributed by atoms with Gasteiger partial charge in [0.05, 0.1) is 23.0 Å². The number of benzene rings is 1. The summed E-state index contributed by atoms with van der Waals surface area (Å²) in [5.74, 6) is 0.0425. The Balaban J connectivity index is 2.25. The number of thioether (sulfide) groups is 1. The number of halogens is 1. The molecule has 1 heterocycles. The van der Waals surface area contributed by atoms with Gasteiger partial charge in [-0.05, 0) is 18.2 Å². The molecule has 1 aliphatic rings. The number of carbonyl (C=O) groups is 2. The van der Waals surface area contributed by atoms with Gasteiger partial charge in [0.1, 0.15) is 5.75 Å². The minimum absolute atomic E-state index is 0.0427. The third-order valence-corrected chi connectivity index (χ3v) is 4.50. The van der Waals surface area contributed by atoms with Crippen molar-refractivity contribution in [2.45, 2.75) is 12.5 Å². The van der Waals surface area contributed by atoms with Crippen LogP contribution in [-0.2, 0) is 4.79 Å². The predicted molar refractivity (Wildman–Crippen MR) is 77.5 cm³/mol. The standard InChI is InChI=1S/C13H14ClNO4S/c14-11-2-1-9(16)6-10(11)13(19)15-3-4-20-7-8(15)5-12(17)18/h1-2,6,8,16H,3-5,7H2,(H,17,18). The quantitative estimate of drug-likeness (QED) is 0.893. The fraction of sp³-hybridized carbons (Fsp3) is 0.385. The molecule has 1 aromatic carbocycles. The number of rotatable bonds is 3. The average Bonchev–Trinajstić information content (AvgIpc) is 2.41. The molecule has 0 aromatic heterocycles. The van der Waals surface area contributed by atoms with Crippen LogP contribution in [0.4, 0.5) is 0 Å². The van der Waals surface area contributed by atoms with E-state index in [1.807, 2.05) is 0 Å². The van der Waals surface area contributed by atoms with Gasteiger partial charge in [0, 0.05) is 18.1 Å². The molecule has 0 saturated carbocycles. The summed E-state index contributed by atoms with van der Waals surface area (Å²) in [6.45, 7) is 0.480. The molecule has 1 fully saturated rings. The molecule has 0 bridgehead atoms. The molecule has 0 aliphatic carbocycles. The van der Waals surface area contributed by atoms with E-state index in [4.69, 9.17) is 16.7 Å². The van der Waals surface area contributed by atoms with E-state index in [1.165, 1.54) is 23.1 Å². The molecule has 2 N–H and O–H groups in total. The second-order valence-corrected chi connectivity index (χ2v) is 6.05. The summed E-state index contributed by atoms with van der Waals surface area (Å²) in [6.07, 6.45) is -0.0881. The van der Waals surface area contributed by atoms with Gasteiger partial charge in [0.15, 0.2) is 0 Å². The van der Waals surface area contributed by atoms with Gasteiger partial charge in [-0.25, -0.2) is 0 Å². The lowest BCUT2D eigenvalue weighted by Crippen LogP contribution is -2.47. The number of hydrogen-bond donors (Lipinski definition) is 2. The maximum atomic E-state index is 12.5. The van der Waals surface area contributed by atoms with Crippen LogP contribution in [0.15, 0.2) is 18.2 Å². The third-order valence-electron chi connectivity index (χ3n) is 3.08. The number of phenols is 1. The molecule has 0 spiro atoms. The van der Waals surface area contributed by atoms with Gasteiger partial charge >= 0.3 is 5.97 Å². The minimum atomic E-state index is -0.933. The van der Waals surface area contributed by atoms with Gasteiger partial charge in [-0.3, -0.25) is 9.59 Å². The van der Waals surface area contributed by atoms with Crippen LogP contribution in [0.5, 0.6) is 5.75 Å². The van der Waals surface area contributed by atoms with Crippen molar-refractivity contribution in [1.29, 1.82) is 0 Å². The van der Waals surface area contributed by atoms with E-state index < -0.39 is 5.97 Å². The van der Waals surface area contributed by atoms with Crippen molar-refractivity contribution in [1.82, 2.24) is 4.90 Å². The Bertz CT molecular complexity index is 537. The summed E-state index contributed by atoms with van der Waals surface area (Å²) in [4.78, 5) is 24.9. The highest BCUT2D eigenvalue weighted by atomic mass is 35.5. The van der Waals surface area contributed by atoms with Crippen molar-refractivity contribution in [3.8, 4) is 5.75 Å². The molecule has 0 radical (unpaired) electrons. The molecule has 1 aromatic rings. The van der Waals surface area contributed by atoms with Gasteiger partial charge in [-0.1, -0.05) is 11.6 Å². The highest BCUT2D eigenvalue weighted by Gasteiger charge is 2.30. The molecule has 20 heavy (non-hydrogen) atoms. The first kappa shape index (κ1) is 15.0. The Morgan fingerprint density at radius 3 is 2.90 bits per heavy atom. The number of hydrogen-bond acceptors (Lipinski definition) is 4. The Labute approximate surface area is 125 Å². The second kappa shape index (κ2) is 6.37. The molecule has 1 aliphatic heterocycles. The smallest absolute Gasteiger partial charge is 0.305 e. The van der Waals surface area contributed by atoms with Crippen molar-refractivity contribution < 1.29 is 19.8 Å². The van der Waals surface area contributed by atoms with Gasteiger partial charge < -0.3 is 15.1 Å². The Kier molecular flexibility index (Phi) is 4.77. The maximum absolute atomic E-state index is 12.5. The number of aliphatic carboxylic acids is 1. The van der Waals surface area contributed by atoms with Crippen molar-refractivity contribution in [3.05, 3.63) is 28.8 Å². The molecule has 1 saturated heterocycles. The third kappa shape index (κ3) is 3.37. The zero-order valence-corrected chi connectivity index (χ0v) is 12.2. The summed E-state index contributed by atoms with van der Waals surface area (Å²) >= 11 is 7.61. The van der Waals surface area contributed by atoms with E-state index in [0.717, 1.165) is 5.75 Å². The lowest BCUT2D eigenvalue weighted by atomic mass is 10.1. The van der Waals surface area contributed by atoms with E-state index in [-0.39, 0.29) is 34.7 Å². The first-order valence-electron chi connectivity index (χ1n) is 6.08. The van der Waals surface area contributed by atoms with E-state index in [0.29, 0.717) is 12.3 Å². The Morgan fingerprint density at radius 2 is 2.20 bits per heavy atom. The number of aromatic hydroxyl groups is 1. The van der Waals surface area contributed by atoms with Crippen LogP contribution in [-0.4, -0.2) is 51.1 Å². The highest BCUT2D eigenvalue weighted by molar-refractivity contribution is 7.99. The van der Waals surface area contributed by atoms with Crippen LogP contribution in [0.3, 0.4) is 0 Å². The van der Waals surface area contributed by atoms with Crippen LogP contribution in [0.25, 0.3) is 0 Å². The summed E-state index contributed by atoms with van der Waals surface area (Å²) in [5.41, 5.74) is 0.203. The van der Waals surface area contributed by atoms with Gasteiger partial charge in [0.25, 0.3) is 5.91 Å². The number of amides is 1. The first-order valence-corrected chi connectivity index (χ1v) is 7.61. The van der Waals surface area contributed by atoms with E-state index in [1.54, 1.807) is 11.8 Å². The molecule has 1 unspecified atom stereocenters. The summed E-state index contributed by atoms with van der Waals surface area (Å²) in [6, 6.07) is 3.82. The largest absolute Gasteiger partial charge is 0.508 e. The first-order chi connectivity index (χ1) is 9.49.